The van der Waals surface area contributed by atoms with Crippen LogP contribution in [0.1, 0.15) is 12.8 Å². The molecule has 7 nitrogen and oxygen atoms in total. The molecule has 3 rings (SSSR count). The Labute approximate surface area is 152 Å². The largest absolute Gasteiger partial charge is 0.378 e. The zero-order chi connectivity index (χ0) is 17.9. The van der Waals surface area contributed by atoms with Crippen LogP contribution >= 0.6 is 11.6 Å². The van der Waals surface area contributed by atoms with Gasteiger partial charge in [-0.1, -0.05) is 17.7 Å². The Kier molecular flexibility index (Phi) is 5.71. The monoisotopic (exact) mass is 387 g/mol. The number of rotatable bonds is 3. The van der Waals surface area contributed by atoms with Gasteiger partial charge in [0.2, 0.25) is 0 Å². The molecule has 138 valence electrons. The van der Waals surface area contributed by atoms with Gasteiger partial charge in [-0.15, -0.1) is 0 Å². The smallest absolute Gasteiger partial charge is 0.319 e. The minimum Gasteiger partial charge on any atom is -0.378 e. The summed E-state index contributed by atoms with van der Waals surface area (Å²) < 4.78 is 28.3. The third-order valence-corrected chi connectivity index (χ3v) is 6.47. The molecule has 9 heteroatoms. The lowest BCUT2D eigenvalue weighted by Crippen LogP contribution is -2.43. The molecule has 0 bridgehead atoms. The molecule has 2 aliphatic heterocycles. The lowest BCUT2D eigenvalue weighted by Gasteiger charge is -2.31. The van der Waals surface area contributed by atoms with Crippen LogP contribution in [-0.2, 0) is 14.6 Å². The lowest BCUT2D eigenvalue weighted by atomic mass is 10.1. The number of amides is 2. The van der Waals surface area contributed by atoms with E-state index in [2.05, 4.69) is 15.5 Å². The zero-order valence-electron chi connectivity index (χ0n) is 13.8. The van der Waals surface area contributed by atoms with Crippen LogP contribution < -0.4 is 15.5 Å². The van der Waals surface area contributed by atoms with Crippen LogP contribution in [-0.4, -0.2) is 58.3 Å². The van der Waals surface area contributed by atoms with E-state index in [1.165, 1.54) is 0 Å². The van der Waals surface area contributed by atoms with E-state index in [4.69, 9.17) is 16.3 Å². The topological polar surface area (TPSA) is 87.7 Å². The predicted octanol–water partition coefficient (Wildman–Crippen LogP) is 1.88. The number of hydrogen-bond acceptors (Lipinski definition) is 5. The van der Waals surface area contributed by atoms with Crippen molar-refractivity contribution < 1.29 is 17.9 Å². The van der Waals surface area contributed by atoms with E-state index < -0.39 is 9.84 Å². The third kappa shape index (κ3) is 4.77. The van der Waals surface area contributed by atoms with Crippen molar-refractivity contribution in [1.29, 1.82) is 0 Å². The summed E-state index contributed by atoms with van der Waals surface area (Å²) in [7, 11) is -2.94. The SMILES string of the molecule is O=C(Nc1cccc(Cl)c1N1CCOCC1)NC1CCS(=O)(=O)CC1. The maximum Gasteiger partial charge on any atom is 0.319 e. The van der Waals surface area contributed by atoms with E-state index in [1.54, 1.807) is 12.1 Å². The number of para-hydroxylation sites is 1. The van der Waals surface area contributed by atoms with Gasteiger partial charge in [0.1, 0.15) is 9.84 Å². The van der Waals surface area contributed by atoms with Crippen molar-refractivity contribution in [3.8, 4) is 0 Å². The first-order valence-corrected chi connectivity index (χ1v) is 10.5. The van der Waals surface area contributed by atoms with Gasteiger partial charge in [0.25, 0.3) is 0 Å². The highest BCUT2D eigenvalue weighted by Crippen LogP contribution is 2.34. The molecular weight excluding hydrogens is 366 g/mol. The van der Waals surface area contributed by atoms with Gasteiger partial charge in [0, 0.05) is 19.1 Å². The lowest BCUT2D eigenvalue weighted by molar-refractivity contribution is 0.123. The van der Waals surface area contributed by atoms with Crippen LogP contribution in [0.3, 0.4) is 0 Å². The first-order valence-electron chi connectivity index (χ1n) is 8.34. The molecule has 0 spiro atoms. The van der Waals surface area contributed by atoms with Gasteiger partial charge in [0.15, 0.2) is 0 Å². The van der Waals surface area contributed by atoms with Crippen LogP contribution in [0.2, 0.25) is 5.02 Å². The number of sulfone groups is 1. The quantitative estimate of drug-likeness (QED) is 0.826. The van der Waals surface area contributed by atoms with Gasteiger partial charge in [-0.05, 0) is 25.0 Å². The Morgan fingerprint density at radius 1 is 1.20 bits per heavy atom. The van der Waals surface area contributed by atoms with Crippen molar-refractivity contribution in [2.24, 2.45) is 0 Å². The standard InChI is InChI=1S/C16H22ClN3O4S/c17-13-2-1-3-14(15(13)20-6-8-24-9-7-20)19-16(21)18-12-4-10-25(22,23)11-5-12/h1-3,12H,4-11H2,(H2,18,19,21). The first-order chi connectivity index (χ1) is 11.9. The number of carbonyl (C=O) groups excluding carboxylic acids is 1. The van der Waals surface area contributed by atoms with Crippen LogP contribution in [0.25, 0.3) is 0 Å². The molecule has 2 N–H and O–H groups in total. The highest BCUT2D eigenvalue weighted by Gasteiger charge is 2.25. The molecule has 25 heavy (non-hydrogen) atoms. The Morgan fingerprint density at radius 3 is 2.56 bits per heavy atom. The molecule has 0 aliphatic carbocycles. The van der Waals surface area contributed by atoms with Crippen molar-refractivity contribution in [3.05, 3.63) is 23.2 Å². The highest BCUT2D eigenvalue weighted by atomic mass is 35.5. The van der Waals surface area contributed by atoms with E-state index in [0.29, 0.717) is 49.9 Å². The van der Waals surface area contributed by atoms with Crippen LogP contribution in [0.15, 0.2) is 18.2 Å². The highest BCUT2D eigenvalue weighted by molar-refractivity contribution is 7.91. The van der Waals surface area contributed by atoms with Crippen molar-refractivity contribution in [2.45, 2.75) is 18.9 Å². The van der Waals surface area contributed by atoms with Gasteiger partial charge in [-0.3, -0.25) is 0 Å². The summed E-state index contributed by atoms with van der Waals surface area (Å²) in [6, 6.07) is 4.91. The van der Waals surface area contributed by atoms with Crippen molar-refractivity contribution in [3.63, 3.8) is 0 Å². The van der Waals surface area contributed by atoms with Gasteiger partial charge in [-0.2, -0.15) is 0 Å². The first kappa shape index (κ1) is 18.3. The Balaban J connectivity index is 1.66. The minimum atomic E-state index is -2.94. The fourth-order valence-corrected chi connectivity index (χ4v) is 4.89. The van der Waals surface area contributed by atoms with Crippen molar-refractivity contribution >= 4 is 38.8 Å². The molecule has 2 fully saturated rings. The summed E-state index contributed by atoms with van der Waals surface area (Å²) >= 11 is 6.35. The van der Waals surface area contributed by atoms with E-state index in [0.717, 1.165) is 5.69 Å². The molecule has 0 unspecified atom stereocenters. The van der Waals surface area contributed by atoms with E-state index >= 15 is 0 Å². The van der Waals surface area contributed by atoms with Crippen molar-refractivity contribution in [1.82, 2.24) is 5.32 Å². The second-order valence-corrected chi connectivity index (χ2v) is 8.97. The number of morpholine rings is 1. The third-order valence-electron chi connectivity index (χ3n) is 4.45. The molecule has 0 aromatic heterocycles. The van der Waals surface area contributed by atoms with E-state index in [-0.39, 0.29) is 23.6 Å². The molecule has 1 aromatic rings. The average molecular weight is 388 g/mol. The number of urea groups is 1. The number of carbonyl (C=O) groups is 1. The number of nitrogens with one attached hydrogen (secondary N) is 2. The number of halogens is 1. The minimum absolute atomic E-state index is 0.119. The molecule has 0 saturated carbocycles. The number of anilines is 2. The van der Waals surface area contributed by atoms with Crippen molar-refractivity contribution in [2.75, 3.05) is 48.0 Å². The molecule has 2 amide bonds. The number of nitrogens with zero attached hydrogens (tertiary/aromatic N) is 1. The number of hydrogen-bond donors (Lipinski definition) is 2. The summed E-state index contributed by atoms with van der Waals surface area (Å²) in [6.45, 7) is 2.65. The predicted molar refractivity (Wildman–Crippen MR) is 98.3 cm³/mol. The van der Waals surface area contributed by atoms with Gasteiger partial charge in [-0.25, -0.2) is 13.2 Å². The molecule has 0 radical (unpaired) electrons. The molecule has 1 aromatic carbocycles. The van der Waals surface area contributed by atoms with Gasteiger partial charge >= 0.3 is 6.03 Å². The number of ether oxygens (including phenoxy) is 1. The van der Waals surface area contributed by atoms with Gasteiger partial charge < -0.3 is 20.3 Å². The normalized spacial score (nSPS) is 20.9. The molecule has 2 saturated heterocycles. The van der Waals surface area contributed by atoms with Crippen LogP contribution in [0, 0.1) is 0 Å². The summed E-state index contributed by atoms with van der Waals surface area (Å²) in [6.07, 6.45) is 0.892. The summed E-state index contributed by atoms with van der Waals surface area (Å²) in [5.41, 5.74) is 1.42. The van der Waals surface area contributed by atoms with Crippen LogP contribution in [0.5, 0.6) is 0 Å². The summed E-state index contributed by atoms with van der Waals surface area (Å²) in [5.74, 6) is 0.238. The second-order valence-electron chi connectivity index (χ2n) is 6.26. The van der Waals surface area contributed by atoms with Crippen LogP contribution in [0.4, 0.5) is 16.2 Å². The molecule has 0 atom stereocenters. The molecular formula is C16H22ClN3O4S. The Hall–Kier alpha value is -1.51. The average Bonchev–Trinajstić information content (AvgIpc) is 2.58. The van der Waals surface area contributed by atoms with Gasteiger partial charge in [0.05, 0.1) is 41.1 Å². The Morgan fingerprint density at radius 2 is 1.88 bits per heavy atom. The maximum absolute atomic E-state index is 12.3. The summed E-state index contributed by atoms with van der Waals surface area (Å²) in [4.78, 5) is 14.4. The van der Waals surface area contributed by atoms with E-state index in [9.17, 15) is 13.2 Å². The maximum atomic E-state index is 12.3. The Bertz CT molecular complexity index is 721. The second kappa shape index (κ2) is 7.80. The molecule has 2 aliphatic rings. The zero-order valence-corrected chi connectivity index (χ0v) is 15.4. The fourth-order valence-electron chi connectivity index (χ4n) is 3.10. The number of benzene rings is 1. The fraction of sp³-hybridized carbons (Fsp3) is 0.562. The molecule has 2 heterocycles. The van der Waals surface area contributed by atoms with E-state index in [1.807, 2.05) is 6.07 Å². The summed E-state index contributed by atoms with van der Waals surface area (Å²) in [5, 5.41) is 6.28.